The van der Waals surface area contributed by atoms with E-state index in [0.29, 0.717) is 0 Å². The summed E-state index contributed by atoms with van der Waals surface area (Å²) in [6.07, 6.45) is 0. The van der Waals surface area contributed by atoms with Gasteiger partial charge in [0, 0.05) is 38.9 Å². The Morgan fingerprint density at radius 1 is 0.281 bits per heavy atom. The molecule has 0 saturated heterocycles. The summed E-state index contributed by atoms with van der Waals surface area (Å²) in [4.78, 5) is 4.78. The maximum absolute atomic E-state index is 7.29. The summed E-state index contributed by atoms with van der Waals surface area (Å²) < 4.78 is 7.29. The fraction of sp³-hybridized carbons (Fsp3) is 0. The lowest BCUT2D eigenvalue weighted by atomic mass is 10.0. The van der Waals surface area contributed by atoms with Gasteiger partial charge in [-0.3, -0.25) is 0 Å². The summed E-state index contributed by atoms with van der Waals surface area (Å²) in [5, 5.41) is 9.12. The molecule has 268 valence electrons. The van der Waals surface area contributed by atoms with Crippen LogP contribution in [0.1, 0.15) is 0 Å². The summed E-state index contributed by atoms with van der Waals surface area (Å²) in [6, 6.07) is 78.2. The van der Waals surface area contributed by atoms with E-state index in [0.717, 1.165) is 83.3 Å². The molecular weight excluding hydrogens is 693 g/mol. The van der Waals surface area contributed by atoms with Crippen molar-refractivity contribution in [2.45, 2.75) is 0 Å². The zero-order valence-corrected chi connectivity index (χ0v) is 31.1. The van der Waals surface area contributed by atoms with Crippen LogP contribution in [0.4, 0.5) is 34.1 Å². The molecule has 0 atom stereocenters. The second-order valence-corrected chi connectivity index (χ2v) is 14.6. The smallest absolute Gasteiger partial charge is 0.161 e. The van der Waals surface area contributed by atoms with Crippen molar-refractivity contribution in [2.24, 2.45) is 0 Å². The minimum Gasteiger partial charge on any atom is -0.453 e. The Morgan fingerprint density at radius 3 is 1.51 bits per heavy atom. The van der Waals surface area contributed by atoms with E-state index >= 15 is 0 Å². The summed E-state index contributed by atoms with van der Waals surface area (Å²) in [5.74, 6) is 0. The SMILES string of the molecule is c1ccc(-c2cccc(N(c3ccc4ccccc4c3)c3c(N(c4ccccc4)c4ccc5ccccc5c4)ccc4c3oc3c5ccccc5ccc43)c2)cc1. The van der Waals surface area contributed by atoms with E-state index in [-0.39, 0.29) is 0 Å². The monoisotopic (exact) mass is 728 g/mol. The van der Waals surface area contributed by atoms with Gasteiger partial charge in [-0.2, -0.15) is 0 Å². The van der Waals surface area contributed by atoms with Gasteiger partial charge in [0.1, 0.15) is 11.3 Å². The van der Waals surface area contributed by atoms with Gasteiger partial charge in [-0.05, 0) is 105 Å². The standard InChI is InChI=1S/C54H36N2O/c1-3-14-37(15-4-1)43-21-13-24-45(34-43)56(47-30-27-39-17-8-10-20-42(39)36-47)52-51(33-32-50-49-31-28-40-18-11-12-25-48(40)53(49)57-54(50)52)55(44-22-5-2-6-23-44)46-29-26-38-16-7-9-19-41(38)35-46/h1-36H. The van der Waals surface area contributed by atoms with Crippen molar-refractivity contribution in [3.63, 3.8) is 0 Å². The Morgan fingerprint density at radius 2 is 0.789 bits per heavy atom. The Bertz CT molecular complexity index is 3260. The Kier molecular flexibility index (Phi) is 7.82. The molecule has 0 aliphatic rings. The van der Waals surface area contributed by atoms with Crippen LogP contribution in [-0.2, 0) is 0 Å². The van der Waals surface area contributed by atoms with Gasteiger partial charge in [0.15, 0.2) is 5.58 Å². The van der Waals surface area contributed by atoms with Gasteiger partial charge >= 0.3 is 0 Å². The van der Waals surface area contributed by atoms with E-state index in [4.69, 9.17) is 4.42 Å². The average molecular weight is 729 g/mol. The van der Waals surface area contributed by atoms with Crippen molar-refractivity contribution in [3.05, 3.63) is 218 Å². The molecule has 3 heteroatoms. The molecule has 0 amide bonds. The topological polar surface area (TPSA) is 19.6 Å². The second-order valence-electron chi connectivity index (χ2n) is 14.6. The summed E-state index contributed by atoms with van der Waals surface area (Å²) >= 11 is 0. The van der Waals surface area contributed by atoms with Gasteiger partial charge < -0.3 is 14.2 Å². The molecule has 1 aromatic heterocycles. The lowest BCUT2D eigenvalue weighted by Gasteiger charge is -2.33. The van der Waals surface area contributed by atoms with Crippen LogP contribution in [0.5, 0.6) is 0 Å². The summed E-state index contributed by atoms with van der Waals surface area (Å²) in [6.45, 7) is 0. The van der Waals surface area contributed by atoms with Crippen molar-refractivity contribution >= 4 is 88.4 Å². The molecule has 0 aliphatic carbocycles. The molecule has 1 heterocycles. The van der Waals surface area contributed by atoms with E-state index in [1.165, 1.54) is 16.2 Å². The predicted octanol–water partition coefficient (Wildman–Crippen LogP) is 15.7. The van der Waals surface area contributed by atoms with Crippen LogP contribution in [0.15, 0.2) is 223 Å². The van der Waals surface area contributed by atoms with Crippen molar-refractivity contribution in [3.8, 4) is 11.1 Å². The molecule has 0 aliphatic heterocycles. The van der Waals surface area contributed by atoms with E-state index < -0.39 is 0 Å². The molecule has 11 aromatic rings. The minimum absolute atomic E-state index is 0.818. The van der Waals surface area contributed by atoms with E-state index in [1.54, 1.807) is 0 Å². The summed E-state index contributed by atoms with van der Waals surface area (Å²) in [7, 11) is 0. The molecule has 3 nitrogen and oxygen atoms in total. The largest absolute Gasteiger partial charge is 0.453 e. The highest BCUT2D eigenvalue weighted by molar-refractivity contribution is 6.19. The van der Waals surface area contributed by atoms with Crippen LogP contribution in [0.2, 0.25) is 0 Å². The number of fused-ring (bicyclic) bond motifs is 7. The number of anilines is 6. The normalized spacial score (nSPS) is 11.5. The lowest BCUT2D eigenvalue weighted by Crippen LogP contribution is -2.17. The first-order chi connectivity index (χ1) is 28.3. The Balaban J connectivity index is 1.28. The van der Waals surface area contributed by atoms with Crippen LogP contribution in [0.25, 0.3) is 65.4 Å². The number of benzene rings is 10. The zero-order chi connectivity index (χ0) is 37.7. The predicted molar refractivity (Wildman–Crippen MR) is 241 cm³/mol. The molecule has 11 rings (SSSR count). The number of nitrogens with zero attached hydrogens (tertiary/aromatic N) is 2. The van der Waals surface area contributed by atoms with Crippen molar-refractivity contribution in [1.82, 2.24) is 0 Å². The van der Waals surface area contributed by atoms with Gasteiger partial charge in [0.25, 0.3) is 0 Å². The van der Waals surface area contributed by atoms with Crippen LogP contribution < -0.4 is 9.80 Å². The number of para-hydroxylation sites is 1. The first kappa shape index (κ1) is 32.8. The van der Waals surface area contributed by atoms with Gasteiger partial charge in [-0.1, -0.05) is 152 Å². The molecule has 0 spiro atoms. The Hall–Kier alpha value is -7.62. The molecular formula is C54H36N2O. The highest BCUT2D eigenvalue weighted by atomic mass is 16.3. The maximum Gasteiger partial charge on any atom is 0.161 e. The molecule has 0 radical (unpaired) electrons. The average Bonchev–Trinajstić information content (AvgIpc) is 3.67. The second kappa shape index (κ2) is 13.6. The highest BCUT2D eigenvalue weighted by Crippen LogP contribution is 2.52. The minimum atomic E-state index is 0.818. The van der Waals surface area contributed by atoms with Gasteiger partial charge in [0.05, 0.1) is 5.69 Å². The van der Waals surface area contributed by atoms with Crippen LogP contribution in [-0.4, -0.2) is 0 Å². The van der Waals surface area contributed by atoms with Crippen molar-refractivity contribution < 1.29 is 4.42 Å². The summed E-state index contributed by atoms with van der Waals surface area (Å²) in [5.41, 5.74) is 10.1. The first-order valence-corrected chi connectivity index (χ1v) is 19.4. The quantitative estimate of drug-likeness (QED) is 0.163. The molecule has 10 aromatic carbocycles. The van der Waals surface area contributed by atoms with Crippen LogP contribution >= 0.6 is 0 Å². The number of rotatable bonds is 7. The van der Waals surface area contributed by atoms with Gasteiger partial charge in [-0.15, -0.1) is 0 Å². The van der Waals surface area contributed by atoms with E-state index in [9.17, 15) is 0 Å². The first-order valence-electron chi connectivity index (χ1n) is 19.4. The van der Waals surface area contributed by atoms with Gasteiger partial charge in [0.2, 0.25) is 0 Å². The fourth-order valence-corrected chi connectivity index (χ4v) is 8.44. The lowest BCUT2D eigenvalue weighted by molar-refractivity contribution is 0.673. The molecule has 57 heavy (non-hydrogen) atoms. The third-order valence-electron chi connectivity index (χ3n) is 11.2. The third-order valence-corrected chi connectivity index (χ3v) is 11.2. The third kappa shape index (κ3) is 5.68. The fourth-order valence-electron chi connectivity index (χ4n) is 8.44. The van der Waals surface area contributed by atoms with E-state index in [2.05, 4.69) is 228 Å². The van der Waals surface area contributed by atoms with Crippen molar-refractivity contribution in [1.29, 1.82) is 0 Å². The maximum atomic E-state index is 7.29. The van der Waals surface area contributed by atoms with Crippen molar-refractivity contribution in [2.75, 3.05) is 9.80 Å². The Labute approximate surface area is 330 Å². The molecule has 0 saturated carbocycles. The zero-order valence-electron chi connectivity index (χ0n) is 31.1. The van der Waals surface area contributed by atoms with E-state index in [1.807, 2.05) is 0 Å². The highest BCUT2D eigenvalue weighted by Gasteiger charge is 2.28. The number of hydrogen-bond acceptors (Lipinski definition) is 3. The molecule has 0 bridgehead atoms. The molecule has 0 unspecified atom stereocenters. The number of hydrogen-bond donors (Lipinski definition) is 0. The molecule has 0 fully saturated rings. The van der Waals surface area contributed by atoms with Crippen LogP contribution in [0.3, 0.4) is 0 Å². The van der Waals surface area contributed by atoms with Gasteiger partial charge in [-0.25, -0.2) is 0 Å². The van der Waals surface area contributed by atoms with Crippen LogP contribution in [0, 0.1) is 0 Å². The molecule has 0 N–H and O–H groups in total. The number of furan rings is 1.